The van der Waals surface area contributed by atoms with Crippen LogP contribution in [0.4, 0.5) is 11.5 Å². The Labute approximate surface area is 163 Å². The van der Waals surface area contributed by atoms with Crippen molar-refractivity contribution in [3.8, 4) is 11.1 Å². The quantitative estimate of drug-likeness (QED) is 0.646. The number of anilines is 2. The van der Waals surface area contributed by atoms with Gasteiger partial charge < -0.3 is 20.5 Å². The molecule has 6 nitrogen and oxygen atoms in total. The van der Waals surface area contributed by atoms with Gasteiger partial charge in [-0.05, 0) is 24.5 Å². The minimum atomic E-state index is 0.116. The molecule has 28 heavy (non-hydrogen) atoms. The number of carbonyl (C=O) groups is 1. The summed E-state index contributed by atoms with van der Waals surface area (Å²) in [6.07, 6.45) is 5.25. The SMILES string of the molecule is C[C@@H]1C[C@]12CNc1ncc(-c3c[nH]c4c(N5CCNCC5=O)cccc34)cc12. The van der Waals surface area contributed by atoms with Crippen molar-refractivity contribution in [3.63, 3.8) is 0 Å². The molecular weight excluding hydrogens is 350 g/mol. The van der Waals surface area contributed by atoms with E-state index in [0.29, 0.717) is 19.0 Å². The van der Waals surface area contributed by atoms with Crippen LogP contribution in [-0.2, 0) is 10.2 Å². The Bertz CT molecular complexity index is 1120. The van der Waals surface area contributed by atoms with Crippen LogP contribution in [0.2, 0.25) is 0 Å². The lowest BCUT2D eigenvalue weighted by molar-refractivity contribution is -0.118. The lowest BCUT2D eigenvalue weighted by Crippen LogP contribution is -2.48. The summed E-state index contributed by atoms with van der Waals surface area (Å²) in [4.78, 5) is 22.4. The maximum atomic E-state index is 12.4. The molecule has 0 unspecified atom stereocenters. The number of carbonyl (C=O) groups excluding carboxylic acids is 1. The Morgan fingerprint density at radius 2 is 2.21 bits per heavy atom. The first-order valence-corrected chi connectivity index (χ1v) is 10.0. The molecule has 1 amide bonds. The summed E-state index contributed by atoms with van der Waals surface area (Å²) in [6, 6.07) is 8.50. The first kappa shape index (κ1) is 16.1. The van der Waals surface area contributed by atoms with Gasteiger partial charge in [-0.3, -0.25) is 4.79 Å². The van der Waals surface area contributed by atoms with Gasteiger partial charge >= 0.3 is 0 Å². The van der Waals surface area contributed by atoms with Crippen molar-refractivity contribution < 1.29 is 4.79 Å². The molecule has 2 aromatic heterocycles. The summed E-state index contributed by atoms with van der Waals surface area (Å²) in [5, 5.41) is 7.75. The number of pyridine rings is 1. The molecular formula is C22H23N5O. The highest BCUT2D eigenvalue weighted by molar-refractivity contribution is 6.07. The van der Waals surface area contributed by atoms with E-state index in [4.69, 9.17) is 4.98 Å². The van der Waals surface area contributed by atoms with Crippen molar-refractivity contribution in [1.82, 2.24) is 15.3 Å². The monoisotopic (exact) mass is 373 g/mol. The molecule has 0 bridgehead atoms. The third-order valence-corrected chi connectivity index (χ3v) is 6.83. The van der Waals surface area contributed by atoms with Gasteiger partial charge in [-0.1, -0.05) is 19.1 Å². The highest BCUT2D eigenvalue weighted by Crippen LogP contribution is 2.59. The van der Waals surface area contributed by atoms with Crippen LogP contribution in [0.1, 0.15) is 18.9 Å². The molecule has 6 heteroatoms. The third-order valence-electron chi connectivity index (χ3n) is 6.83. The van der Waals surface area contributed by atoms with Crippen LogP contribution in [-0.4, -0.2) is 42.1 Å². The zero-order valence-electron chi connectivity index (χ0n) is 15.9. The summed E-state index contributed by atoms with van der Waals surface area (Å²) in [7, 11) is 0. The number of nitrogens with zero attached hydrogens (tertiary/aromatic N) is 2. The van der Waals surface area contributed by atoms with E-state index in [0.717, 1.165) is 46.6 Å². The number of H-pyrrole nitrogens is 1. The molecule has 1 saturated heterocycles. The molecule has 3 aromatic rings. The number of benzene rings is 1. The zero-order chi connectivity index (χ0) is 18.9. The number of hydrogen-bond acceptors (Lipinski definition) is 4. The van der Waals surface area contributed by atoms with Crippen LogP contribution < -0.4 is 15.5 Å². The largest absolute Gasteiger partial charge is 0.369 e. The van der Waals surface area contributed by atoms with E-state index in [9.17, 15) is 4.79 Å². The molecule has 2 aliphatic heterocycles. The molecule has 142 valence electrons. The second-order valence-electron chi connectivity index (χ2n) is 8.36. The summed E-state index contributed by atoms with van der Waals surface area (Å²) in [5.41, 5.74) is 5.89. The van der Waals surface area contributed by atoms with E-state index < -0.39 is 0 Å². The standard InChI is InChI=1S/C22H23N5O/c1-13-8-22(13)12-26-21-17(22)7-14(9-25-21)16-10-24-20-15(16)3-2-4-18(20)27-6-5-23-11-19(27)28/h2-4,7,9-10,13,23-24H,5-6,8,11-12H2,1H3,(H,25,26)/t13-,22+/m1/s1. The van der Waals surface area contributed by atoms with Crippen molar-refractivity contribution in [3.05, 3.63) is 42.2 Å². The van der Waals surface area contributed by atoms with E-state index in [-0.39, 0.29) is 11.3 Å². The molecule has 1 spiro atoms. The van der Waals surface area contributed by atoms with Crippen molar-refractivity contribution in [1.29, 1.82) is 0 Å². The van der Waals surface area contributed by atoms with Gasteiger partial charge in [0, 0.05) is 59.5 Å². The molecule has 1 aliphatic carbocycles. The average molecular weight is 373 g/mol. The number of para-hydroxylation sites is 1. The van der Waals surface area contributed by atoms with E-state index in [2.05, 4.69) is 40.9 Å². The number of rotatable bonds is 2. The maximum Gasteiger partial charge on any atom is 0.241 e. The van der Waals surface area contributed by atoms with Crippen LogP contribution in [0.3, 0.4) is 0 Å². The number of aromatic amines is 1. The summed E-state index contributed by atoms with van der Waals surface area (Å²) in [6.45, 7) is 5.23. The maximum absolute atomic E-state index is 12.4. The highest BCUT2D eigenvalue weighted by atomic mass is 16.2. The Kier molecular flexibility index (Phi) is 3.21. The molecule has 6 rings (SSSR count). The predicted octanol–water partition coefficient (Wildman–Crippen LogP) is 2.87. The fraction of sp³-hybridized carbons (Fsp3) is 0.364. The number of piperazine rings is 1. The van der Waals surface area contributed by atoms with E-state index >= 15 is 0 Å². The van der Waals surface area contributed by atoms with Crippen LogP contribution in [0, 0.1) is 5.92 Å². The second kappa shape index (κ2) is 5.58. The number of aromatic nitrogens is 2. The van der Waals surface area contributed by atoms with E-state index in [1.807, 2.05) is 23.2 Å². The molecule has 2 fully saturated rings. The van der Waals surface area contributed by atoms with Crippen molar-refractivity contribution in [2.45, 2.75) is 18.8 Å². The van der Waals surface area contributed by atoms with Crippen molar-refractivity contribution in [2.75, 3.05) is 36.4 Å². The Morgan fingerprint density at radius 1 is 1.32 bits per heavy atom. The van der Waals surface area contributed by atoms with Crippen LogP contribution in [0.5, 0.6) is 0 Å². The van der Waals surface area contributed by atoms with Gasteiger partial charge in [0.2, 0.25) is 5.91 Å². The van der Waals surface area contributed by atoms with Gasteiger partial charge in [0.25, 0.3) is 0 Å². The topological polar surface area (TPSA) is 73.1 Å². The van der Waals surface area contributed by atoms with E-state index in [1.165, 1.54) is 12.0 Å². The summed E-state index contributed by atoms with van der Waals surface area (Å²) < 4.78 is 0. The van der Waals surface area contributed by atoms with Gasteiger partial charge in [0.1, 0.15) is 5.82 Å². The minimum Gasteiger partial charge on any atom is -0.369 e. The zero-order valence-corrected chi connectivity index (χ0v) is 15.9. The van der Waals surface area contributed by atoms with Gasteiger partial charge in [0.15, 0.2) is 0 Å². The van der Waals surface area contributed by atoms with Crippen LogP contribution in [0.15, 0.2) is 36.7 Å². The number of amides is 1. The Morgan fingerprint density at radius 3 is 3.04 bits per heavy atom. The number of hydrogen-bond donors (Lipinski definition) is 3. The fourth-order valence-electron chi connectivity index (χ4n) is 5.04. The van der Waals surface area contributed by atoms with Gasteiger partial charge in [-0.25, -0.2) is 4.98 Å². The first-order valence-electron chi connectivity index (χ1n) is 10.0. The fourth-order valence-corrected chi connectivity index (χ4v) is 5.04. The van der Waals surface area contributed by atoms with Gasteiger partial charge in [-0.15, -0.1) is 0 Å². The third kappa shape index (κ3) is 2.12. The molecule has 1 aromatic carbocycles. The van der Waals surface area contributed by atoms with Crippen molar-refractivity contribution in [2.24, 2.45) is 5.92 Å². The van der Waals surface area contributed by atoms with Crippen molar-refractivity contribution >= 4 is 28.3 Å². The van der Waals surface area contributed by atoms with Gasteiger partial charge in [0.05, 0.1) is 17.7 Å². The lowest BCUT2D eigenvalue weighted by Gasteiger charge is -2.27. The Hall–Kier alpha value is -2.86. The molecule has 0 radical (unpaired) electrons. The second-order valence-corrected chi connectivity index (χ2v) is 8.36. The lowest BCUT2D eigenvalue weighted by atomic mass is 9.94. The molecule has 2 atom stereocenters. The first-order chi connectivity index (χ1) is 13.7. The highest BCUT2D eigenvalue weighted by Gasteiger charge is 2.56. The van der Waals surface area contributed by atoms with Gasteiger partial charge in [-0.2, -0.15) is 0 Å². The van der Waals surface area contributed by atoms with E-state index in [1.54, 1.807) is 0 Å². The molecule has 4 heterocycles. The Balaban J connectivity index is 1.46. The van der Waals surface area contributed by atoms with Crippen LogP contribution in [0.25, 0.3) is 22.0 Å². The number of fused-ring (bicyclic) bond motifs is 3. The summed E-state index contributed by atoms with van der Waals surface area (Å²) >= 11 is 0. The van der Waals surface area contributed by atoms with Crippen LogP contribution >= 0.6 is 0 Å². The molecule has 1 saturated carbocycles. The average Bonchev–Trinajstić information content (AvgIpc) is 3.04. The minimum absolute atomic E-state index is 0.116. The summed E-state index contributed by atoms with van der Waals surface area (Å²) in [5.74, 6) is 1.87. The smallest absolute Gasteiger partial charge is 0.241 e. The number of nitrogens with one attached hydrogen (secondary N) is 3. The molecule has 3 N–H and O–H groups in total. The normalized spacial score (nSPS) is 26.0. The predicted molar refractivity (Wildman–Crippen MR) is 111 cm³/mol. The molecule has 3 aliphatic rings.